The normalized spacial score (nSPS) is 14.9. The molecule has 0 spiro atoms. The first-order valence-electron chi connectivity index (χ1n) is 5.60. The zero-order valence-electron chi connectivity index (χ0n) is 9.66. The Morgan fingerprint density at radius 2 is 2.19 bits per heavy atom. The molecule has 3 heteroatoms. The molecule has 1 aromatic carbocycles. The summed E-state index contributed by atoms with van der Waals surface area (Å²) in [4.78, 5) is 14.0. The number of rotatable bonds is 3. The van der Waals surface area contributed by atoms with Gasteiger partial charge >= 0.3 is 0 Å². The molecular weight excluding hydrogens is 266 g/mol. The zero-order valence-corrected chi connectivity index (χ0v) is 11.3. The summed E-state index contributed by atoms with van der Waals surface area (Å²) in [6.07, 6.45) is 2.55. The second-order valence-electron chi connectivity index (χ2n) is 4.54. The first-order chi connectivity index (χ1) is 7.59. The average Bonchev–Trinajstić information content (AvgIpc) is 3.05. The smallest absolute Gasteiger partial charge is 0.253 e. The van der Waals surface area contributed by atoms with Gasteiger partial charge in [-0.3, -0.25) is 4.79 Å². The van der Waals surface area contributed by atoms with Crippen molar-refractivity contribution in [3.63, 3.8) is 0 Å². The number of hydrogen-bond acceptors (Lipinski definition) is 1. The first-order valence-corrected chi connectivity index (χ1v) is 6.39. The van der Waals surface area contributed by atoms with Crippen LogP contribution in [0.3, 0.4) is 0 Å². The van der Waals surface area contributed by atoms with Crippen LogP contribution in [0.15, 0.2) is 22.7 Å². The lowest BCUT2D eigenvalue weighted by atomic mass is 10.1. The van der Waals surface area contributed by atoms with Crippen molar-refractivity contribution in [1.82, 2.24) is 4.90 Å². The van der Waals surface area contributed by atoms with E-state index in [1.54, 1.807) is 0 Å². The van der Waals surface area contributed by atoms with Crippen LogP contribution in [0.5, 0.6) is 0 Å². The van der Waals surface area contributed by atoms with E-state index in [-0.39, 0.29) is 5.91 Å². The van der Waals surface area contributed by atoms with Gasteiger partial charge in [-0.1, -0.05) is 22.0 Å². The highest BCUT2D eigenvalue weighted by atomic mass is 79.9. The van der Waals surface area contributed by atoms with Crippen LogP contribution in [-0.4, -0.2) is 24.4 Å². The van der Waals surface area contributed by atoms with E-state index in [2.05, 4.69) is 15.9 Å². The van der Waals surface area contributed by atoms with Gasteiger partial charge in [0.15, 0.2) is 0 Å². The lowest BCUT2D eigenvalue weighted by Crippen LogP contribution is -2.29. The Bertz CT molecular complexity index is 412. The van der Waals surface area contributed by atoms with E-state index in [9.17, 15) is 4.79 Å². The van der Waals surface area contributed by atoms with Crippen molar-refractivity contribution < 1.29 is 4.79 Å². The third kappa shape index (κ3) is 2.46. The minimum atomic E-state index is 0.130. The summed E-state index contributed by atoms with van der Waals surface area (Å²) in [5.74, 6) is 0.868. The molecule has 0 heterocycles. The van der Waals surface area contributed by atoms with E-state index in [1.165, 1.54) is 12.8 Å². The maximum Gasteiger partial charge on any atom is 0.253 e. The molecular formula is C13H16BrNO. The number of benzene rings is 1. The summed E-state index contributed by atoms with van der Waals surface area (Å²) in [5, 5.41) is 0. The van der Waals surface area contributed by atoms with Crippen LogP contribution in [0.4, 0.5) is 0 Å². The predicted octanol–water partition coefficient (Wildman–Crippen LogP) is 3.24. The maximum absolute atomic E-state index is 12.2. The Labute approximate surface area is 105 Å². The van der Waals surface area contributed by atoms with E-state index in [0.717, 1.165) is 28.1 Å². The van der Waals surface area contributed by atoms with Gasteiger partial charge in [-0.25, -0.2) is 0 Å². The fourth-order valence-electron chi connectivity index (χ4n) is 1.82. The summed E-state index contributed by atoms with van der Waals surface area (Å²) < 4.78 is 0.998. The molecule has 16 heavy (non-hydrogen) atoms. The SMILES string of the molecule is Cc1c(Br)cccc1C(=O)N(C)CC1CC1. The predicted molar refractivity (Wildman–Crippen MR) is 68.6 cm³/mol. The largest absolute Gasteiger partial charge is 0.341 e. The third-order valence-electron chi connectivity index (χ3n) is 3.07. The van der Waals surface area contributed by atoms with Crippen LogP contribution in [0, 0.1) is 12.8 Å². The number of carbonyl (C=O) groups is 1. The number of hydrogen-bond donors (Lipinski definition) is 0. The molecule has 0 atom stereocenters. The van der Waals surface area contributed by atoms with Crippen molar-refractivity contribution in [3.05, 3.63) is 33.8 Å². The highest BCUT2D eigenvalue weighted by Crippen LogP contribution is 2.30. The van der Waals surface area contributed by atoms with E-state index >= 15 is 0 Å². The quantitative estimate of drug-likeness (QED) is 0.833. The van der Waals surface area contributed by atoms with Gasteiger partial charge in [0.25, 0.3) is 5.91 Å². The molecule has 2 rings (SSSR count). The van der Waals surface area contributed by atoms with Gasteiger partial charge in [0.05, 0.1) is 0 Å². The van der Waals surface area contributed by atoms with Gasteiger partial charge in [0, 0.05) is 23.6 Å². The molecule has 1 amide bonds. The van der Waals surface area contributed by atoms with E-state index in [1.807, 2.05) is 37.1 Å². The standard InChI is InChI=1S/C13H16BrNO/c1-9-11(4-3-5-12(9)14)13(16)15(2)8-10-6-7-10/h3-5,10H,6-8H2,1-2H3. The van der Waals surface area contributed by atoms with Crippen molar-refractivity contribution in [3.8, 4) is 0 Å². The zero-order chi connectivity index (χ0) is 11.7. The molecule has 1 saturated carbocycles. The molecule has 1 aliphatic rings. The van der Waals surface area contributed by atoms with Gasteiger partial charge in [-0.05, 0) is 43.4 Å². The molecule has 0 N–H and O–H groups in total. The first kappa shape index (κ1) is 11.6. The summed E-state index contributed by atoms with van der Waals surface area (Å²) in [7, 11) is 1.89. The number of amides is 1. The second-order valence-corrected chi connectivity index (χ2v) is 5.40. The van der Waals surface area contributed by atoms with Crippen molar-refractivity contribution in [2.45, 2.75) is 19.8 Å². The van der Waals surface area contributed by atoms with Gasteiger partial charge in [0.1, 0.15) is 0 Å². The molecule has 0 aromatic heterocycles. The van der Waals surface area contributed by atoms with Crippen molar-refractivity contribution in [2.75, 3.05) is 13.6 Å². The van der Waals surface area contributed by atoms with Crippen LogP contribution < -0.4 is 0 Å². The van der Waals surface area contributed by atoms with Gasteiger partial charge < -0.3 is 4.90 Å². The van der Waals surface area contributed by atoms with Crippen LogP contribution in [0.2, 0.25) is 0 Å². The third-order valence-corrected chi connectivity index (χ3v) is 3.93. The molecule has 0 aliphatic heterocycles. The van der Waals surface area contributed by atoms with E-state index in [0.29, 0.717) is 0 Å². The Hall–Kier alpha value is -0.830. The van der Waals surface area contributed by atoms with Gasteiger partial charge in [-0.15, -0.1) is 0 Å². The highest BCUT2D eigenvalue weighted by Gasteiger charge is 2.25. The van der Waals surface area contributed by atoms with Crippen molar-refractivity contribution in [1.29, 1.82) is 0 Å². The molecule has 0 radical (unpaired) electrons. The number of halogens is 1. The van der Waals surface area contributed by atoms with Crippen LogP contribution in [-0.2, 0) is 0 Å². The van der Waals surface area contributed by atoms with Gasteiger partial charge in [0.2, 0.25) is 0 Å². The molecule has 0 bridgehead atoms. The fraction of sp³-hybridized carbons (Fsp3) is 0.462. The summed E-state index contributed by atoms with van der Waals surface area (Å²) in [6, 6.07) is 5.77. The van der Waals surface area contributed by atoms with Gasteiger partial charge in [-0.2, -0.15) is 0 Å². The maximum atomic E-state index is 12.2. The molecule has 2 nitrogen and oxygen atoms in total. The van der Waals surface area contributed by atoms with E-state index in [4.69, 9.17) is 0 Å². The summed E-state index contributed by atoms with van der Waals surface area (Å²) in [5.41, 5.74) is 1.83. The lowest BCUT2D eigenvalue weighted by Gasteiger charge is -2.18. The fourth-order valence-corrected chi connectivity index (χ4v) is 2.18. The van der Waals surface area contributed by atoms with Crippen LogP contribution >= 0.6 is 15.9 Å². The number of carbonyl (C=O) groups excluding carboxylic acids is 1. The van der Waals surface area contributed by atoms with Crippen molar-refractivity contribution in [2.24, 2.45) is 5.92 Å². The summed E-state index contributed by atoms with van der Waals surface area (Å²) in [6.45, 7) is 2.87. The molecule has 0 unspecified atom stereocenters. The average molecular weight is 282 g/mol. The van der Waals surface area contributed by atoms with Crippen LogP contribution in [0.25, 0.3) is 0 Å². The topological polar surface area (TPSA) is 20.3 Å². The minimum absolute atomic E-state index is 0.130. The Morgan fingerprint density at radius 3 is 2.81 bits per heavy atom. The lowest BCUT2D eigenvalue weighted by molar-refractivity contribution is 0.0788. The van der Waals surface area contributed by atoms with Crippen molar-refractivity contribution >= 4 is 21.8 Å². The Morgan fingerprint density at radius 1 is 1.50 bits per heavy atom. The summed E-state index contributed by atoms with van der Waals surface area (Å²) >= 11 is 3.46. The van der Waals surface area contributed by atoms with E-state index < -0.39 is 0 Å². The second kappa shape index (κ2) is 4.58. The minimum Gasteiger partial charge on any atom is -0.341 e. The molecule has 1 aromatic rings. The molecule has 1 fully saturated rings. The van der Waals surface area contributed by atoms with Crippen LogP contribution in [0.1, 0.15) is 28.8 Å². The monoisotopic (exact) mass is 281 g/mol. The molecule has 0 saturated heterocycles. The highest BCUT2D eigenvalue weighted by molar-refractivity contribution is 9.10. The Kier molecular flexibility index (Phi) is 3.33. The number of nitrogens with zero attached hydrogens (tertiary/aromatic N) is 1. The molecule has 1 aliphatic carbocycles. The molecule has 86 valence electrons. The Balaban J connectivity index is 2.15.